The first kappa shape index (κ1) is 16.1. The van der Waals surface area contributed by atoms with E-state index in [9.17, 15) is 0 Å². The molecule has 116 valence electrons. The lowest BCUT2D eigenvalue weighted by Gasteiger charge is -2.42. The molecule has 2 fully saturated rings. The van der Waals surface area contributed by atoms with E-state index in [1.807, 2.05) is 0 Å². The molecule has 0 saturated heterocycles. The van der Waals surface area contributed by atoms with E-state index >= 15 is 0 Å². The SMILES string of the molecule is C=C(C)CCC(NCCC)C1CCC2CCCCC2C1. The Morgan fingerprint density at radius 3 is 2.60 bits per heavy atom. The van der Waals surface area contributed by atoms with Gasteiger partial charge < -0.3 is 5.32 Å². The van der Waals surface area contributed by atoms with Gasteiger partial charge >= 0.3 is 0 Å². The van der Waals surface area contributed by atoms with Gasteiger partial charge in [0.25, 0.3) is 0 Å². The molecule has 0 amide bonds. The fourth-order valence-corrected chi connectivity index (χ4v) is 4.51. The normalized spacial score (nSPS) is 31.6. The Kier molecular flexibility index (Phi) is 6.61. The number of fused-ring (bicyclic) bond motifs is 1. The zero-order valence-corrected chi connectivity index (χ0v) is 13.8. The van der Waals surface area contributed by atoms with Crippen molar-refractivity contribution in [1.82, 2.24) is 5.32 Å². The average Bonchev–Trinajstić information content (AvgIpc) is 2.46. The molecule has 2 saturated carbocycles. The first-order valence-electron chi connectivity index (χ1n) is 9.08. The van der Waals surface area contributed by atoms with Gasteiger partial charge in [-0.15, -0.1) is 6.58 Å². The minimum Gasteiger partial charge on any atom is -0.314 e. The molecule has 1 N–H and O–H groups in total. The van der Waals surface area contributed by atoms with Crippen molar-refractivity contribution in [3.05, 3.63) is 12.2 Å². The van der Waals surface area contributed by atoms with Crippen LogP contribution in [0.4, 0.5) is 0 Å². The van der Waals surface area contributed by atoms with Gasteiger partial charge in [-0.1, -0.05) is 38.2 Å². The van der Waals surface area contributed by atoms with Crippen molar-refractivity contribution in [2.45, 2.75) is 84.1 Å². The first-order chi connectivity index (χ1) is 9.70. The Labute approximate surface area is 126 Å². The summed E-state index contributed by atoms with van der Waals surface area (Å²) in [6.45, 7) is 9.73. The number of allylic oxidation sites excluding steroid dienone is 1. The van der Waals surface area contributed by atoms with Crippen LogP contribution in [0.2, 0.25) is 0 Å². The van der Waals surface area contributed by atoms with Crippen LogP contribution < -0.4 is 5.32 Å². The third kappa shape index (κ3) is 4.62. The van der Waals surface area contributed by atoms with Crippen molar-refractivity contribution in [3.8, 4) is 0 Å². The van der Waals surface area contributed by atoms with Crippen LogP contribution in [-0.2, 0) is 0 Å². The van der Waals surface area contributed by atoms with Gasteiger partial charge in [-0.05, 0) is 69.7 Å². The van der Waals surface area contributed by atoms with Crippen molar-refractivity contribution in [1.29, 1.82) is 0 Å². The van der Waals surface area contributed by atoms with Gasteiger partial charge in [-0.2, -0.15) is 0 Å². The highest BCUT2D eigenvalue weighted by Crippen LogP contribution is 2.44. The van der Waals surface area contributed by atoms with E-state index in [0.717, 1.165) is 23.8 Å². The van der Waals surface area contributed by atoms with Crippen LogP contribution in [0.3, 0.4) is 0 Å². The predicted molar refractivity (Wildman–Crippen MR) is 88.9 cm³/mol. The second-order valence-corrected chi connectivity index (χ2v) is 7.43. The average molecular weight is 277 g/mol. The van der Waals surface area contributed by atoms with Crippen molar-refractivity contribution < 1.29 is 0 Å². The molecule has 0 aromatic heterocycles. The highest BCUT2D eigenvalue weighted by atomic mass is 14.9. The summed E-state index contributed by atoms with van der Waals surface area (Å²) in [5.74, 6) is 3.06. The summed E-state index contributed by atoms with van der Waals surface area (Å²) in [6.07, 6.45) is 14.3. The van der Waals surface area contributed by atoms with Gasteiger partial charge in [0.2, 0.25) is 0 Å². The van der Waals surface area contributed by atoms with Gasteiger partial charge in [0, 0.05) is 6.04 Å². The monoisotopic (exact) mass is 277 g/mol. The lowest BCUT2D eigenvalue weighted by Crippen LogP contribution is -2.41. The summed E-state index contributed by atoms with van der Waals surface area (Å²) in [7, 11) is 0. The lowest BCUT2D eigenvalue weighted by atomic mass is 9.65. The molecule has 0 spiro atoms. The van der Waals surface area contributed by atoms with Gasteiger partial charge in [0.05, 0.1) is 0 Å². The number of hydrogen-bond donors (Lipinski definition) is 1. The van der Waals surface area contributed by atoms with Crippen molar-refractivity contribution in [2.75, 3.05) is 6.54 Å². The quantitative estimate of drug-likeness (QED) is 0.621. The van der Waals surface area contributed by atoms with Gasteiger partial charge in [-0.25, -0.2) is 0 Å². The predicted octanol–water partition coefficient (Wildman–Crippen LogP) is 5.32. The molecule has 4 unspecified atom stereocenters. The topological polar surface area (TPSA) is 12.0 Å². The summed E-state index contributed by atoms with van der Waals surface area (Å²) >= 11 is 0. The van der Waals surface area contributed by atoms with Gasteiger partial charge in [0.15, 0.2) is 0 Å². The highest BCUT2D eigenvalue weighted by Gasteiger charge is 2.34. The summed E-state index contributed by atoms with van der Waals surface area (Å²) in [5, 5.41) is 3.85. The molecule has 1 nitrogen and oxygen atoms in total. The Morgan fingerprint density at radius 2 is 1.90 bits per heavy atom. The molecule has 0 radical (unpaired) electrons. The molecular weight excluding hydrogens is 242 g/mol. The van der Waals surface area contributed by atoms with E-state index in [4.69, 9.17) is 0 Å². The number of hydrogen-bond acceptors (Lipinski definition) is 1. The van der Waals surface area contributed by atoms with Crippen LogP contribution in [0.25, 0.3) is 0 Å². The minimum absolute atomic E-state index is 0.745. The molecule has 0 heterocycles. The van der Waals surface area contributed by atoms with E-state index < -0.39 is 0 Å². The molecule has 4 atom stereocenters. The van der Waals surface area contributed by atoms with Crippen LogP contribution >= 0.6 is 0 Å². The zero-order valence-electron chi connectivity index (χ0n) is 13.8. The van der Waals surface area contributed by atoms with Crippen molar-refractivity contribution >= 4 is 0 Å². The molecule has 2 rings (SSSR count). The fraction of sp³-hybridized carbons (Fsp3) is 0.895. The molecule has 20 heavy (non-hydrogen) atoms. The molecule has 2 aliphatic rings. The maximum absolute atomic E-state index is 4.09. The fourth-order valence-electron chi connectivity index (χ4n) is 4.51. The molecule has 0 bridgehead atoms. The third-order valence-corrected chi connectivity index (χ3v) is 5.69. The molecule has 2 aliphatic carbocycles. The van der Waals surface area contributed by atoms with Crippen LogP contribution in [0.15, 0.2) is 12.2 Å². The second-order valence-electron chi connectivity index (χ2n) is 7.43. The Morgan fingerprint density at radius 1 is 1.15 bits per heavy atom. The minimum atomic E-state index is 0.745. The highest BCUT2D eigenvalue weighted by molar-refractivity contribution is 4.93. The first-order valence-corrected chi connectivity index (χ1v) is 9.08. The van der Waals surface area contributed by atoms with E-state index in [0.29, 0.717) is 0 Å². The van der Waals surface area contributed by atoms with Gasteiger partial charge in [0.1, 0.15) is 0 Å². The maximum atomic E-state index is 4.09. The third-order valence-electron chi connectivity index (χ3n) is 5.69. The Balaban J connectivity index is 1.88. The van der Waals surface area contributed by atoms with Crippen LogP contribution in [-0.4, -0.2) is 12.6 Å². The Hall–Kier alpha value is -0.300. The van der Waals surface area contributed by atoms with E-state index in [1.165, 1.54) is 76.3 Å². The summed E-state index contributed by atoms with van der Waals surface area (Å²) in [5.41, 5.74) is 1.35. The maximum Gasteiger partial charge on any atom is 0.00984 e. The van der Waals surface area contributed by atoms with Crippen LogP contribution in [0.5, 0.6) is 0 Å². The van der Waals surface area contributed by atoms with Crippen LogP contribution in [0.1, 0.15) is 78.1 Å². The van der Waals surface area contributed by atoms with E-state index in [1.54, 1.807) is 0 Å². The van der Waals surface area contributed by atoms with Crippen LogP contribution in [0, 0.1) is 17.8 Å². The van der Waals surface area contributed by atoms with Gasteiger partial charge in [-0.3, -0.25) is 0 Å². The summed E-state index contributed by atoms with van der Waals surface area (Å²) in [4.78, 5) is 0. The molecular formula is C19H35N. The lowest BCUT2D eigenvalue weighted by molar-refractivity contribution is 0.107. The van der Waals surface area contributed by atoms with Crippen molar-refractivity contribution in [2.24, 2.45) is 17.8 Å². The van der Waals surface area contributed by atoms with E-state index in [2.05, 4.69) is 25.7 Å². The largest absolute Gasteiger partial charge is 0.314 e. The van der Waals surface area contributed by atoms with Crippen molar-refractivity contribution in [3.63, 3.8) is 0 Å². The van der Waals surface area contributed by atoms with E-state index in [-0.39, 0.29) is 0 Å². The Bertz CT molecular complexity index is 296. The second kappa shape index (κ2) is 8.22. The number of rotatable bonds is 7. The molecule has 0 aromatic rings. The zero-order chi connectivity index (χ0) is 14.4. The standard InChI is InChI=1S/C19H35N/c1-4-13-20-19(12-9-15(2)3)18-11-10-16-7-5-6-8-17(16)14-18/h16-20H,2,4-14H2,1,3H3. The number of nitrogens with one attached hydrogen (secondary N) is 1. The smallest absolute Gasteiger partial charge is 0.00984 e. The summed E-state index contributed by atoms with van der Waals surface area (Å²) < 4.78 is 0. The molecule has 1 heteroatoms. The summed E-state index contributed by atoms with van der Waals surface area (Å²) in [6, 6.07) is 0.745. The molecule has 0 aromatic carbocycles. The molecule has 0 aliphatic heterocycles.